The quantitative estimate of drug-likeness (QED) is 0.878. The van der Waals surface area contributed by atoms with Crippen LogP contribution in [0.25, 0.3) is 0 Å². The summed E-state index contributed by atoms with van der Waals surface area (Å²) in [5.41, 5.74) is 2.94. The van der Waals surface area contributed by atoms with Crippen molar-refractivity contribution in [1.82, 2.24) is 9.78 Å². The van der Waals surface area contributed by atoms with Crippen molar-refractivity contribution in [2.75, 3.05) is 11.9 Å². The topological polar surface area (TPSA) is 46.9 Å². The van der Waals surface area contributed by atoms with Crippen LogP contribution in [0.4, 0.5) is 5.69 Å². The van der Waals surface area contributed by atoms with Gasteiger partial charge in [-0.1, -0.05) is 18.2 Å². The van der Waals surface area contributed by atoms with Crippen LogP contribution in [0.5, 0.6) is 0 Å². The highest BCUT2D eigenvalue weighted by atomic mass is 16.2. The second-order valence-corrected chi connectivity index (χ2v) is 3.96. The Bertz CT molecular complexity index is 531. The number of benzene rings is 1. The van der Waals surface area contributed by atoms with Gasteiger partial charge >= 0.3 is 0 Å². The molecule has 1 aromatic carbocycles. The van der Waals surface area contributed by atoms with Crippen molar-refractivity contribution >= 4 is 11.6 Å². The summed E-state index contributed by atoms with van der Waals surface area (Å²) in [5, 5.41) is 7.18. The monoisotopic (exact) mass is 229 g/mol. The lowest BCUT2D eigenvalue weighted by Gasteiger charge is -2.08. The number of carbonyl (C=O) groups excluding carboxylic acids is 1. The highest BCUT2D eigenvalue weighted by Crippen LogP contribution is 2.12. The van der Waals surface area contributed by atoms with Gasteiger partial charge in [0, 0.05) is 11.9 Å². The van der Waals surface area contributed by atoms with E-state index >= 15 is 0 Å². The zero-order valence-electron chi connectivity index (χ0n) is 9.97. The first-order valence-electron chi connectivity index (χ1n) is 5.52. The molecule has 1 heterocycles. The van der Waals surface area contributed by atoms with Crippen LogP contribution >= 0.6 is 0 Å². The first kappa shape index (κ1) is 11.4. The number of aryl methyl sites for hydroxylation is 2. The Balaban J connectivity index is 1.99. The second kappa shape index (κ2) is 4.82. The average molecular weight is 229 g/mol. The molecule has 0 spiro atoms. The van der Waals surface area contributed by atoms with Gasteiger partial charge in [-0.2, -0.15) is 5.10 Å². The molecular formula is C13H15N3O. The molecule has 2 aromatic rings. The third kappa shape index (κ3) is 2.72. The van der Waals surface area contributed by atoms with Crippen LogP contribution in [0.15, 0.2) is 36.5 Å². The smallest absolute Gasteiger partial charge is 0.266 e. The van der Waals surface area contributed by atoms with Gasteiger partial charge in [-0.15, -0.1) is 0 Å². The number of aromatic nitrogens is 2. The van der Waals surface area contributed by atoms with E-state index in [1.807, 2.05) is 44.2 Å². The molecule has 0 aliphatic carbocycles. The molecule has 4 nitrogen and oxygen atoms in total. The Morgan fingerprint density at radius 3 is 2.71 bits per heavy atom. The molecule has 0 aliphatic heterocycles. The normalized spacial score (nSPS) is 10.2. The Morgan fingerprint density at radius 1 is 1.29 bits per heavy atom. The van der Waals surface area contributed by atoms with Gasteiger partial charge in [-0.25, -0.2) is 4.68 Å². The number of nitrogens with one attached hydrogen (secondary N) is 1. The fourth-order valence-electron chi connectivity index (χ4n) is 1.58. The van der Waals surface area contributed by atoms with Crippen molar-refractivity contribution in [1.29, 1.82) is 0 Å². The number of carbonyl (C=O) groups is 1. The zero-order chi connectivity index (χ0) is 12.3. The highest BCUT2D eigenvalue weighted by molar-refractivity contribution is 5.82. The maximum atomic E-state index is 11.8. The first-order chi connectivity index (χ1) is 8.16. The fourth-order valence-corrected chi connectivity index (χ4v) is 1.58. The van der Waals surface area contributed by atoms with Crippen molar-refractivity contribution in [3.05, 3.63) is 47.8 Å². The van der Waals surface area contributed by atoms with Gasteiger partial charge in [0.15, 0.2) is 0 Å². The molecule has 2 rings (SSSR count). The predicted molar refractivity (Wildman–Crippen MR) is 67.3 cm³/mol. The molecule has 0 aliphatic rings. The Kier molecular flexibility index (Phi) is 3.23. The number of hydrogen-bond acceptors (Lipinski definition) is 3. The minimum Gasteiger partial charge on any atom is -0.376 e. The molecule has 4 heteroatoms. The van der Waals surface area contributed by atoms with Crippen molar-refractivity contribution in [3.63, 3.8) is 0 Å². The van der Waals surface area contributed by atoms with E-state index in [0.717, 1.165) is 16.9 Å². The van der Waals surface area contributed by atoms with E-state index in [1.54, 1.807) is 6.20 Å². The minimum atomic E-state index is -0.0682. The highest BCUT2D eigenvalue weighted by Gasteiger charge is 2.06. The molecule has 0 saturated heterocycles. The molecule has 0 bridgehead atoms. The molecular weight excluding hydrogens is 214 g/mol. The molecule has 1 N–H and O–H groups in total. The van der Waals surface area contributed by atoms with Crippen molar-refractivity contribution in [2.24, 2.45) is 0 Å². The molecule has 1 aromatic heterocycles. The molecule has 0 fully saturated rings. The molecule has 0 atom stereocenters. The third-order valence-electron chi connectivity index (χ3n) is 2.55. The van der Waals surface area contributed by atoms with Gasteiger partial charge in [0.05, 0.1) is 12.2 Å². The summed E-state index contributed by atoms with van der Waals surface area (Å²) in [7, 11) is 0. The van der Waals surface area contributed by atoms with Crippen LogP contribution in [0.3, 0.4) is 0 Å². The predicted octanol–water partition coefficient (Wildman–Crippen LogP) is 2.25. The Morgan fingerprint density at radius 2 is 2.06 bits per heavy atom. The maximum Gasteiger partial charge on any atom is 0.266 e. The number of anilines is 1. The molecule has 88 valence electrons. The number of para-hydroxylation sites is 1. The summed E-state index contributed by atoms with van der Waals surface area (Å²) in [5.74, 6) is -0.0682. The summed E-state index contributed by atoms with van der Waals surface area (Å²) in [4.78, 5) is 11.8. The van der Waals surface area contributed by atoms with E-state index in [1.165, 1.54) is 4.68 Å². The zero-order valence-corrected chi connectivity index (χ0v) is 9.97. The van der Waals surface area contributed by atoms with Gasteiger partial charge in [0.2, 0.25) is 0 Å². The van der Waals surface area contributed by atoms with Crippen LogP contribution in [0.1, 0.15) is 16.1 Å². The van der Waals surface area contributed by atoms with Gasteiger partial charge in [0.25, 0.3) is 5.91 Å². The van der Waals surface area contributed by atoms with E-state index in [0.29, 0.717) is 0 Å². The standard InChI is InChI=1S/C13H15N3O/c1-10-5-3-4-6-12(10)14-9-13(17)16-8-7-11(2)15-16/h3-8,14H,9H2,1-2H3. The lowest BCUT2D eigenvalue weighted by atomic mass is 10.2. The maximum absolute atomic E-state index is 11.8. The fraction of sp³-hybridized carbons (Fsp3) is 0.231. The van der Waals surface area contributed by atoms with E-state index in [-0.39, 0.29) is 12.5 Å². The van der Waals surface area contributed by atoms with Gasteiger partial charge in [-0.3, -0.25) is 4.79 Å². The number of hydrogen-bond donors (Lipinski definition) is 1. The van der Waals surface area contributed by atoms with Crippen LogP contribution in [-0.2, 0) is 0 Å². The van der Waals surface area contributed by atoms with Crippen LogP contribution in [0, 0.1) is 13.8 Å². The van der Waals surface area contributed by atoms with Crippen LogP contribution in [0.2, 0.25) is 0 Å². The van der Waals surface area contributed by atoms with E-state index < -0.39 is 0 Å². The summed E-state index contributed by atoms with van der Waals surface area (Å²) in [6, 6.07) is 9.69. The van der Waals surface area contributed by atoms with E-state index in [4.69, 9.17) is 0 Å². The van der Waals surface area contributed by atoms with Crippen molar-refractivity contribution in [2.45, 2.75) is 13.8 Å². The lowest BCUT2D eigenvalue weighted by molar-refractivity contribution is 0.0913. The van der Waals surface area contributed by atoms with Gasteiger partial charge < -0.3 is 5.32 Å². The lowest BCUT2D eigenvalue weighted by Crippen LogP contribution is -2.21. The van der Waals surface area contributed by atoms with Crippen molar-refractivity contribution in [3.8, 4) is 0 Å². The van der Waals surface area contributed by atoms with Crippen LogP contribution < -0.4 is 5.32 Å². The summed E-state index contributed by atoms with van der Waals surface area (Å²) < 4.78 is 1.36. The summed E-state index contributed by atoms with van der Waals surface area (Å²) >= 11 is 0. The second-order valence-electron chi connectivity index (χ2n) is 3.96. The van der Waals surface area contributed by atoms with Gasteiger partial charge in [0.1, 0.15) is 0 Å². The Labute approximate surface area is 100 Å². The Hall–Kier alpha value is -2.10. The number of rotatable bonds is 3. The van der Waals surface area contributed by atoms with Gasteiger partial charge in [-0.05, 0) is 31.5 Å². The summed E-state index contributed by atoms with van der Waals surface area (Å²) in [6.07, 6.45) is 1.68. The average Bonchev–Trinajstić information content (AvgIpc) is 2.74. The molecule has 0 radical (unpaired) electrons. The molecule has 0 unspecified atom stereocenters. The SMILES string of the molecule is Cc1ccn(C(=O)CNc2ccccc2C)n1. The molecule has 0 saturated carbocycles. The van der Waals surface area contributed by atoms with Crippen LogP contribution in [-0.4, -0.2) is 22.2 Å². The summed E-state index contributed by atoms with van der Waals surface area (Å²) in [6.45, 7) is 4.11. The largest absolute Gasteiger partial charge is 0.376 e. The molecule has 0 amide bonds. The third-order valence-corrected chi connectivity index (χ3v) is 2.55. The molecule has 17 heavy (non-hydrogen) atoms. The number of nitrogens with zero attached hydrogens (tertiary/aromatic N) is 2. The first-order valence-corrected chi connectivity index (χ1v) is 5.52. The van der Waals surface area contributed by atoms with E-state index in [2.05, 4.69) is 10.4 Å². The minimum absolute atomic E-state index is 0.0682. The van der Waals surface area contributed by atoms with E-state index in [9.17, 15) is 4.79 Å². The van der Waals surface area contributed by atoms with Crippen molar-refractivity contribution < 1.29 is 4.79 Å².